The molecule has 0 amide bonds. The van der Waals surface area contributed by atoms with Crippen LogP contribution in [0.1, 0.15) is 16.7 Å². The molecule has 8 heteroatoms. The Morgan fingerprint density at radius 2 is 1.22 bits per heavy atom. The molecule has 0 unspecified atom stereocenters. The van der Waals surface area contributed by atoms with E-state index in [0.29, 0.717) is 5.56 Å². The Kier molecular flexibility index (Phi) is 4.90. The molecule has 0 aliphatic carbocycles. The fraction of sp³-hybridized carbons (Fsp3) is 0.200. The lowest BCUT2D eigenvalue weighted by atomic mass is 10.2. The van der Waals surface area contributed by atoms with Crippen LogP contribution in [0.5, 0.6) is 0 Å². The summed E-state index contributed by atoms with van der Waals surface area (Å²) in [5.74, 6) is 0. The molecule has 124 valence electrons. The van der Waals surface area contributed by atoms with E-state index >= 15 is 0 Å². The number of sulfonamides is 2. The second-order valence-corrected chi connectivity index (χ2v) is 8.63. The molecule has 2 aromatic rings. The quantitative estimate of drug-likeness (QED) is 0.801. The van der Waals surface area contributed by atoms with E-state index < -0.39 is 20.0 Å². The van der Waals surface area contributed by atoms with Crippen molar-refractivity contribution in [2.75, 3.05) is 0 Å². The van der Waals surface area contributed by atoms with Crippen LogP contribution < -0.4 is 9.66 Å². The lowest BCUT2D eigenvalue weighted by molar-refractivity contribution is 0.557. The molecular formula is C15H18N2O4S2. The van der Waals surface area contributed by atoms with Crippen molar-refractivity contribution in [3.63, 3.8) is 0 Å². The first kappa shape index (κ1) is 17.6. The van der Waals surface area contributed by atoms with Crippen LogP contribution in [-0.4, -0.2) is 16.8 Å². The summed E-state index contributed by atoms with van der Waals surface area (Å²) >= 11 is 0. The number of aryl methyl sites for hydroxylation is 3. The van der Waals surface area contributed by atoms with Gasteiger partial charge in [0.25, 0.3) is 20.0 Å². The van der Waals surface area contributed by atoms with Gasteiger partial charge in [-0.15, -0.1) is 9.66 Å². The maximum Gasteiger partial charge on any atom is 0.254 e. The SMILES string of the molecule is Cc1ccc(S(=O)(=O)NNS(=O)(=O)c2cc(C)ccc2C)cc1. The highest BCUT2D eigenvalue weighted by molar-refractivity contribution is 7.92. The maximum atomic E-state index is 12.3. The molecule has 0 saturated carbocycles. The summed E-state index contributed by atoms with van der Waals surface area (Å²) in [5.41, 5.74) is 2.19. The average molecular weight is 354 g/mol. The zero-order chi connectivity index (χ0) is 17.3. The number of benzene rings is 2. The molecular weight excluding hydrogens is 336 g/mol. The van der Waals surface area contributed by atoms with Gasteiger partial charge < -0.3 is 0 Å². The molecule has 0 saturated heterocycles. The number of hydrogen-bond donors (Lipinski definition) is 2. The number of rotatable bonds is 5. The van der Waals surface area contributed by atoms with E-state index in [4.69, 9.17) is 0 Å². The summed E-state index contributed by atoms with van der Waals surface area (Å²) in [4.78, 5) is 3.86. The number of nitrogens with one attached hydrogen (secondary N) is 2. The fourth-order valence-corrected chi connectivity index (χ4v) is 4.37. The van der Waals surface area contributed by atoms with Crippen molar-refractivity contribution in [2.24, 2.45) is 0 Å². The van der Waals surface area contributed by atoms with E-state index in [0.717, 1.165) is 11.1 Å². The lowest BCUT2D eigenvalue weighted by Gasteiger charge is -2.11. The van der Waals surface area contributed by atoms with Gasteiger partial charge in [0.05, 0.1) is 9.79 Å². The Hall–Kier alpha value is -1.74. The van der Waals surface area contributed by atoms with Crippen molar-refractivity contribution in [3.8, 4) is 0 Å². The zero-order valence-corrected chi connectivity index (χ0v) is 14.6. The zero-order valence-electron chi connectivity index (χ0n) is 13.0. The predicted octanol–water partition coefficient (Wildman–Crippen LogP) is 1.78. The van der Waals surface area contributed by atoms with Gasteiger partial charge in [0.15, 0.2) is 0 Å². The smallest absolute Gasteiger partial charge is 0.206 e. The van der Waals surface area contributed by atoms with Gasteiger partial charge in [-0.1, -0.05) is 29.8 Å². The Labute approximate surface area is 136 Å². The first-order valence-electron chi connectivity index (χ1n) is 6.79. The van der Waals surface area contributed by atoms with E-state index in [9.17, 15) is 16.8 Å². The molecule has 6 nitrogen and oxygen atoms in total. The third kappa shape index (κ3) is 4.17. The van der Waals surface area contributed by atoms with E-state index in [1.807, 2.05) is 16.6 Å². The van der Waals surface area contributed by atoms with Crippen LogP contribution >= 0.6 is 0 Å². The van der Waals surface area contributed by atoms with Crippen LogP contribution in [0.2, 0.25) is 0 Å². The first-order valence-corrected chi connectivity index (χ1v) is 9.76. The van der Waals surface area contributed by atoms with Crippen molar-refractivity contribution in [2.45, 2.75) is 30.6 Å². The van der Waals surface area contributed by atoms with Gasteiger partial charge in [-0.2, -0.15) is 0 Å². The van der Waals surface area contributed by atoms with E-state index in [1.165, 1.54) is 18.2 Å². The Morgan fingerprint density at radius 1 is 0.696 bits per heavy atom. The van der Waals surface area contributed by atoms with Crippen LogP contribution in [0.4, 0.5) is 0 Å². The van der Waals surface area contributed by atoms with Crippen molar-refractivity contribution < 1.29 is 16.8 Å². The van der Waals surface area contributed by atoms with E-state index in [1.54, 1.807) is 38.1 Å². The highest BCUT2D eigenvalue weighted by Crippen LogP contribution is 2.16. The van der Waals surface area contributed by atoms with Gasteiger partial charge in [-0.3, -0.25) is 0 Å². The first-order chi connectivity index (χ1) is 10.6. The second kappa shape index (κ2) is 6.40. The molecule has 0 aliphatic heterocycles. The molecule has 0 radical (unpaired) electrons. The van der Waals surface area contributed by atoms with Gasteiger partial charge in [0, 0.05) is 0 Å². The van der Waals surface area contributed by atoms with E-state index in [2.05, 4.69) is 0 Å². The second-order valence-electron chi connectivity index (χ2n) is 5.29. The van der Waals surface area contributed by atoms with Crippen molar-refractivity contribution >= 4 is 20.0 Å². The third-order valence-corrected chi connectivity index (χ3v) is 6.06. The van der Waals surface area contributed by atoms with Crippen molar-refractivity contribution in [1.29, 1.82) is 0 Å². The molecule has 2 rings (SSSR count). The molecule has 0 aliphatic rings. The summed E-state index contributed by atoms with van der Waals surface area (Å²) in [7, 11) is -7.98. The highest BCUT2D eigenvalue weighted by atomic mass is 32.2. The molecule has 0 atom stereocenters. The molecule has 0 aromatic heterocycles. The van der Waals surface area contributed by atoms with Crippen LogP contribution in [-0.2, 0) is 20.0 Å². The molecule has 0 bridgehead atoms. The van der Waals surface area contributed by atoms with Gasteiger partial charge in [-0.25, -0.2) is 16.8 Å². The number of hydrogen-bond acceptors (Lipinski definition) is 4. The van der Waals surface area contributed by atoms with Crippen molar-refractivity contribution in [3.05, 3.63) is 59.2 Å². The monoisotopic (exact) mass is 354 g/mol. The summed E-state index contributed by atoms with van der Waals surface area (Å²) < 4.78 is 48.9. The molecule has 0 spiro atoms. The van der Waals surface area contributed by atoms with Gasteiger partial charge >= 0.3 is 0 Å². The normalized spacial score (nSPS) is 12.3. The fourth-order valence-electron chi connectivity index (χ4n) is 1.94. The molecule has 2 aromatic carbocycles. The minimum Gasteiger partial charge on any atom is -0.206 e. The number of hydrazine groups is 1. The average Bonchev–Trinajstić information content (AvgIpc) is 2.48. The standard InChI is InChI=1S/C15H18N2O4S2/c1-11-5-8-14(9-6-11)22(18,19)16-17-23(20,21)15-10-12(2)4-7-13(15)3/h4-10,16-17H,1-3H3. The predicted molar refractivity (Wildman–Crippen MR) is 87.7 cm³/mol. The molecule has 23 heavy (non-hydrogen) atoms. The third-order valence-electron chi connectivity index (χ3n) is 3.27. The van der Waals surface area contributed by atoms with Gasteiger partial charge in [0.1, 0.15) is 0 Å². The highest BCUT2D eigenvalue weighted by Gasteiger charge is 2.21. The Bertz CT molecular complexity index is 918. The summed E-state index contributed by atoms with van der Waals surface area (Å²) in [5, 5.41) is 0. The van der Waals surface area contributed by atoms with Crippen LogP contribution in [0.25, 0.3) is 0 Å². The molecule has 0 heterocycles. The van der Waals surface area contributed by atoms with Crippen LogP contribution in [0.3, 0.4) is 0 Å². The lowest BCUT2D eigenvalue weighted by Crippen LogP contribution is -2.41. The summed E-state index contributed by atoms with van der Waals surface area (Å²) in [6, 6.07) is 11.0. The summed E-state index contributed by atoms with van der Waals surface area (Å²) in [6.07, 6.45) is 0. The minimum absolute atomic E-state index is 0.0215. The van der Waals surface area contributed by atoms with Crippen LogP contribution in [0.15, 0.2) is 52.3 Å². The van der Waals surface area contributed by atoms with E-state index in [-0.39, 0.29) is 9.79 Å². The van der Waals surface area contributed by atoms with Crippen molar-refractivity contribution in [1.82, 2.24) is 9.66 Å². The van der Waals surface area contributed by atoms with Crippen LogP contribution in [0, 0.1) is 20.8 Å². The topological polar surface area (TPSA) is 92.3 Å². The Morgan fingerprint density at radius 3 is 1.83 bits per heavy atom. The summed E-state index contributed by atoms with van der Waals surface area (Å²) in [6.45, 7) is 5.23. The molecule has 0 fully saturated rings. The largest absolute Gasteiger partial charge is 0.254 e. The van der Waals surface area contributed by atoms with Gasteiger partial charge in [0.2, 0.25) is 0 Å². The van der Waals surface area contributed by atoms with Gasteiger partial charge in [-0.05, 0) is 50.1 Å². The maximum absolute atomic E-state index is 12.3. The molecule has 2 N–H and O–H groups in total. The minimum atomic E-state index is -4.00. The Balaban J connectivity index is 2.25.